The zero-order valence-corrected chi connectivity index (χ0v) is 14.4. The van der Waals surface area contributed by atoms with Crippen LogP contribution < -0.4 is 0 Å². The highest BCUT2D eigenvalue weighted by Crippen LogP contribution is 2.89. The average molecular weight is 326 g/mol. The lowest BCUT2D eigenvalue weighted by molar-refractivity contribution is 0.194. The fraction of sp³-hybridized carbons (Fsp3) is 0.833. The summed E-state index contributed by atoms with van der Waals surface area (Å²) in [6.07, 6.45) is 0.265. The van der Waals surface area contributed by atoms with Crippen LogP contribution in [0.15, 0.2) is 12.2 Å². The number of rotatable bonds is 10. The van der Waals surface area contributed by atoms with Crippen molar-refractivity contribution in [3.63, 3.8) is 0 Å². The maximum absolute atomic E-state index is 13.1. The Hall–Kier alpha value is 0.0400. The molecule has 0 saturated heterocycles. The predicted octanol–water partition coefficient (Wildman–Crippen LogP) is 4.17. The molecule has 20 heavy (non-hydrogen) atoms. The number of allylic oxidation sites excluding steroid dienone is 1. The van der Waals surface area contributed by atoms with Crippen LogP contribution in [0.25, 0.3) is 0 Å². The lowest BCUT2D eigenvalue weighted by atomic mass is 10.7. The molecule has 0 aromatic rings. The first-order chi connectivity index (χ1) is 9.37. The Bertz CT molecular complexity index is 397. The second-order valence-electron chi connectivity index (χ2n) is 4.26. The van der Waals surface area contributed by atoms with Gasteiger partial charge in [0.05, 0.1) is 26.4 Å². The largest absolute Gasteiger partial charge is 0.353 e. The minimum absolute atomic E-state index is 0.185. The Morgan fingerprint density at radius 1 is 0.900 bits per heavy atom. The predicted molar refractivity (Wildman–Crippen MR) is 78.2 cm³/mol. The molecular weight excluding hydrogens is 302 g/mol. The highest BCUT2D eigenvalue weighted by atomic mass is 31.2. The molecule has 0 spiro atoms. The summed E-state index contributed by atoms with van der Waals surface area (Å²) in [4.78, 5) is -1.35. The van der Waals surface area contributed by atoms with Crippen LogP contribution in [-0.4, -0.2) is 31.3 Å². The van der Waals surface area contributed by atoms with E-state index < -0.39 is 20.1 Å². The Balaban J connectivity index is 3.28. The summed E-state index contributed by atoms with van der Waals surface area (Å²) < 4.78 is 47.5. The van der Waals surface area contributed by atoms with Gasteiger partial charge < -0.3 is 18.1 Å². The Labute approximate surface area is 120 Å². The fourth-order valence-electron chi connectivity index (χ4n) is 2.17. The van der Waals surface area contributed by atoms with Gasteiger partial charge >= 0.3 is 15.2 Å². The molecule has 0 N–H and O–H groups in total. The summed E-state index contributed by atoms with van der Waals surface area (Å²) in [5.74, 6) is 0. The Kier molecular flexibility index (Phi) is 6.21. The molecule has 1 aliphatic rings. The van der Waals surface area contributed by atoms with E-state index in [-0.39, 0.29) is 32.8 Å². The maximum Gasteiger partial charge on any atom is 0.353 e. The molecule has 1 fully saturated rings. The van der Waals surface area contributed by atoms with E-state index in [4.69, 9.17) is 18.1 Å². The summed E-state index contributed by atoms with van der Waals surface area (Å²) in [6.45, 7) is 11.4. The van der Waals surface area contributed by atoms with Crippen LogP contribution in [0.4, 0.5) is 0 Å². The first kappa shape index (κ1) is 18.1. The van der Waals surface area contributed by atoms with Gasteiger partial charge in [-0.25, -0.2) is 0 Å². The fourth-order valence-corrected chi connectivity index (χ4v) is 7.97. The van der Waals surface area contributed by atoms with Crippen molar-refractivity contribution in [2.24, 2.45) is 0 Å². The van der Waals surface area contributed by atoms with Crippen LogP contribution in [0.3, 0.4) is 0 Å². The third kappa shape index (κ3) is 2.83. The second kappa shape index (κ2) is 6.87. The highest BCUT2D eigenvalue weighted by Gasteiger charge is 2.76. The topological polar surface area (TPSA) is 71.1 Å². The van der Waals surface area contributed by atoms with Gasteiger partial charge in [-0.2, -0.15) is 0 Å². The molecule has 1 aliphatic carbocycles. The highest BCUT2D eigenvalue weighted by molar-refractivity contribution is 7.75. The molecule has 0 amide bonds. The zero-order chi connectivity index (χ0) is 15.4. The van der Waals surface area contributed by atoms with Gasteiger partial charge in [-0.15, -0.1) is 0 Å². The lowest BCUT2D eigenvalue weighted by Gasteiger charge is -2.31. The second-order valence-corrected chi connectivity index (χ2v) is 9.17. The number of hydrogen-bond acceptors (Lipinski definition) is 6. The third-order valence-electron chi connectivity index (χ3n) is 3.00. The van der Waals surface area contributed by atoms with Gasteiger partial charge in [-0.05, 0) is 33.3 Å². The summed E-state index contributed by atoms with van der Waals surface area (Å²) in [6, 6.07) is 0. The summed E-state index contributed by atoms with van der Waals surface area (Å²) in [7, 11) is -7.32. The van der Waals surface area contributed by atoms with Gasteiger partial charge in [0, 0.05) is 6.42 Å². The lowest BCUT2D eigenvalue weighted by Crippen LogP contribution is -2.19. The quantitative estimate of drug-likeness (QED) is 0.443. The SMILES string of the molecule is C=C1CC1(P(=O)(OCC)OCC)P(=O)(OCC)OCC. The van der Waals surface area contributed by atoms with Crippen molar-refractivity contribution in [2.45, 2.75) is 39.0 Å². The molecule has 0 aromatic carbocycles. The van der Waals surface area contributed by atoms with Crippen molar-refractivity contribution < 1.29 is 27.2 Å². The summed E-state index contributed by atoms with van der Waals surface area (Å²) in [5.41, 5.74) is 0.535. The zero-order valence-electron chi connectivity index (χ0n) is 12.6. The molecule has 0 unspecified atom stereocenters. The smallest absolute Gasteiger partial charge is 0.308 e. The van der Waals surface area contributed by atoms with Crippen molar-refractivity contribution in [1.29, 1.82) is 0 Å². The first-order valence-corrected chi connectivity index (χ1v) is 9.92. The molecule has 0 aliphatic heterocycles. The minimum Gasteiger partial charge on any atom is -0.308 e. The molecule has 0 aromatic heterocycles. The third-order valence-corrected chi connectivity index (χ3v) is 9.63. The first-order valence-electron chi connectivity index (χ1n) is 6.84. The molecule has 6 nitrogen and oxygen atoms in total. The van der Waals surface area contributed by atoms with E-state index >= 15 is 0 Å². The molecule has 118 valence electrons. The van der Waals surface area contributed by atoms with Crippen molar-refractivity contribution in [3.05, 3.63) is 12.2 Å². The molecule has 1 rings (SSSR count). The minimum atomic E-state index is -3.66. The van der Waals surface area contributed by atoms with Crippen molar-refractivity contribution in [3.8, 4) is 0 Å². The normalized spacial score (nSPS) is 18.3. The van der Waals surface area contributed by atoms with E-state index in [1.54, 1.807) is 27.7 Å². The van der Waals surface area contributed by atoms with Gasteiger partial charge in [-0.3, -0.25) is 9.13 Å². The molecule has 0 bridgehead atoms. The van der Waals surface area contributed by atoms with Crippen molar-refractivity contribution in [2.75, 3.05) is 26.4 Å². The van der Waals surface area contributed by atoms with E-state index in [1.165, 1.54) is 0 Å². The Morgan fingerprint density at radius 2 is 1.15 bits per heavy atom. The summed E-state index contributed by atoms with van der Waals surface area (Å²) in [5, 5.41) is 0. The van der Waals surface area contributed by atoms with Gasteiger partial charge in [0.2, 0.25) is 0 Å². The van der Waals surface area contributed by atoms with E-state index in [2.05, 4.69) is 6.58 Å². The van der Waals surface area contributed by atoms with Crippen LogP contribution in [-0.2, 0) is 27.2 Å². The van der Waals surface area contributed by atoms with Crippen LogP contribution in [0.5, 0.6) is 0 Å². The van der Waals surface area contributed by atoms with Gasteiger partial charge in [0.25, 0.3) is 0 Å². The van der Waals surface area contributed by atoms with Crippen LogP contribution in [0.2, 0.25) is 0 Å². The van der Waals surface area contributed by atoms with E-state index in [0.29, 0.717) is 5.57 Å². The van der Waals surface area contributed by atoms with Crippen molar-refractivity contribution in [1.82, 2.24) is 0 Å². The average Bonchev–Trinajstić information content (AvgIpc) is 3.05. The molecule has 0 heterocycles. The monoisotopic (exact) mass is 326 g/mol. The molecular formula is C12H24O6P2. The van der Waals surface area contributed by atoms with E-state index in [1.807, 2.05) is 0 Å². The van der Waals surface area contributed by atoms with Crippen LogP contribution >= 0.6 is 15.2 Å². The van der Waals surface area contributed by atoms with Gasteiger partial charge in [0.15, 0.2) is 4.90 Å². The standard InChI is InChI=1S/C12H24O6P2/c1-6-15-19(13,16-7-2)12(10-11(12)5)20(14,17-8-3)18-9-4/h5-10H2,1-4H3. The van der Waals surface area contributed by atoms with E-state index in [0.717, 1.165) is 0 Å². The summed E-state index contributed by atoms with van der Waals surface area (Å²) >= 11 is 0. The maximum atomic E-state index is 13.1. The molecule has 1 saturated carbocycles. The molecule has 8 heteroatoms. The van der Waals surface area contributed by atoms with Crippen molar-refractivity contribution >= 4 is 15.2 Å². The molecule has 0 atom stereocenters. The van der Waals surface area contributed by atoms with Crippen LogP contribution in [0.1, 0.15) is 34.1 Å². The molecule has 0 radical (unpaired) electrons. The Morgan fingerprint density at radius 3 is 1.30 bits per heavy atom. The number of hydrogen-bond donors (Lipinski definition) is 0. The van der Waals surface area contributed by atoms with Gasteiger partial charge in [-0.1, -0.05) is 6.58 Å². The van der Waals surface area contributed by atoms with Crippen LogP contribution in [0, 0.1) is 0 Å². The van der Waals surface area contributed by atoms with Gasteiger partial charge in [0.1, 0.15) is 0 Å². The van der Waals surface area contributed by atoms with E-state index in [9.17, 15) is 9.13 Å².